The van der Waals surface area contributed by atoms with E-state index in [4.69, 9.17) is 19.8 Å². The van der Waals surface area contributed by atoms with E-state index in [0.717, 1.165) is 0 Å². The van der Waals surface area contributed by atoms with Crippen LogP contribution >= 0.6 is 0 Å². The van der Waals surface area contributed by atoms with Crippen LogP contribution in [0.3, 0.4) is 0 Å². The lowest BCUT2D eigenvalue weighted by Gasteiger charge is -2.23. The minimum absolute atomic E-state index is 0.105. The van der Waals surface area contributed by atoms with E-state index in [1.165, 1.54) is 0 Å². The Morgan fingerprint density at radius 2 is 1.37 bits per heavy atom. The van der Waals surface area contributed by atoms with Gasteiger partial charge in [0.25, 0.3) is 0 Å². The van der Waals surface area contributed by atoms with Crippen LogP contribution in [-0.4, -0.2) is 58.3 Å². The number of primary amides is 2. The summed E-state index contributed by atoms with van der Waals surface area (Å²) in [5, 5.41) is 21.1. The molecule has 11 nitrogen and oxygen atoms in total. The molecule has 0 aromatic carbocycles. The van der Waals surface area contributed by atoms with Crippen LogP contribution in [-0.2, 0) is 19.2 Å². The number of nitrogens with one attached hydrogen (secondary N) is 2. The molecule has 1 unspecified atom stereocenters. The van der Waals surface area contributed by atoms with Crippen LogP contribution in [0.4, 0.5) is 18.0 Å². The molecule has 0 aromatic rings. The van der Waals surface area contributed by atoms with E-state index in [0.29, 0.717) is 19.3 Å². The SMILES string of the molecule is CCCC(=O)N[C@H](C(=O)NC(CC)C(=O)O)C(C)C.NC(N)=O.O=C(O)C(F)(F)F. The molecule has 2 atom stereocenters. The van der Waals surface area contributed by atoms with Crippen molar-refractivity contribution in [2.24, 2.45) is 17.4 Å². The molecule has 14 heteroatoms. The van der Waals surface area contributed by atoms with Crippen molar-refractivity contribution >= 4 is 29.8 Å². The van der Waals surface area contributed by atoms with Gasteiger partial charge in [0.2, 0.25) is 11.8 Å². The van der Waals surface area contributed by atoms with Gasteiger partial charge in [-0.1, -0.05) is 27.7 Å². The molecule has 0 aromatic heterocycles. The molecule has 4 amide bonds. The predicted molar refractivity (Wildman–Crippen MR) is 99.0 cm³/mol. The molecule has 0 heterocycles. The van der Waals surface area contributed by atoms with Crippen LogP contribution in [0.25, 0.3) is 0 Å². The average Bonchev–Trinajstić information content (AvgIpc) is 2.56. The zero-order chi connectivity index (χ0) is 24.7. The second-order valence-electron chi connectivity index (χ2n) is 6.05. The highest BCUT2D eigenvalue weighted by Crippen LogP contribution is 2.13. The summed E-state index contributed by atoms with van der Waals surface area (Å²) in [5.41, 5.74) is 8.50. The monoisotopic (exact) mass is 446 g/mol. The van der Waals surface area contributed by atoms with E-state index < -0.39 is 42.1 Å². The first-order valence-electron chi connectivity index (χ1n) is 8.68. The van der Waals surface area contributed by atoms with Gasteiger partial charge in [-0.05, 0) is 18.8 Å². The summed E-state index contributed by atoms with van der Waals surface area (Å²) in [6.45, 7) is 7.16. The average molecular weight is 446 g/mol. The van der Waals surface area contributed by atoms with Crippen LogP contribution in [0.1, 0.15) is 47.0 Å². The maximum Gasteiger partial charge on any atom is 0.490 e. The number of nitrogens with two attached hydrogens (primary N) is 2. The zero-order valence-corrected chi connectivity index (χ0v) is 17.1. The van der Waals surface area contributed by atoms with Crippen LogP contribution in [0.5, 0.6) is 0 Å². The Hall–Kier alpha value is -3.06. The number of aliphatic carboxylic acids is 2. The molecular weight excluding hydrogens is 417 g/mol. The van der Waals surface area contributed by atoms with Crippen molar-refractivity contribution in [3.63, 3.8) is 0 Å². The Labute approximate surface area is 171 Å². The van der Waals surface area contributed by atoms with E-state index in [1.54, 1.807) is 20.8 Å². The lowest BCUT2D eigenvalue weighted by Crippen LogP contribution is -2.53. The van der Waals surface area contributed by atoms with Gasteiger partial charge in [-0.15, -0.1) is 0 Å². The quantitative estimate of drug-likeness (QED) is 0.312. The van der Waals surface area contributed by atoms with Gasteiger partial charge in [0.1, 0.15) is 12.1 Å². The first-order valence-corrected chi connectivity index (χ1v) is 8.68. The highest BCUT2D eigenvalue weighted by Gasteiger charge is 2.38. The Morgan fingerprint density at radius 1 is 0.967 bits per heavy atom. The van der Waals surface area contributed by atoms with Crippen molar-refractivity contribution in [3.05, 3.63) is 0 Å². The minimum atomic E-state index is -5.08. The summed E-state index contributed by atoms with van der Waals surface area (Å²) < 4.78 is 31.7. The van der Waals surface area contributed by atoms with Gasteiger partial charge in [0.15, 0.2) is 0 Å². The zero-order valence-electron chi connectivity index (χ0n) is 17.1. The van der Waals surface area contributed by atoms with Crippen LogP contribution in [0.15, 0.2) is 0 Å². The van der Waals surface area contributed by atoms with Gasteiger partial charge in [-0.3, -0.25) is 9.59 Å². The molecule has 0 saturated carbocycles. The molecule has 0 radical (unpaired) electrons. The number of carbonyl (C=O) groups excluding carboxylic acids is 3. The van der Waals surface area contributed by atoms with E-state index in [-0.39, 0.29) is 11.8 Å². The number of amides is 4. The van der Waals surface area contributed by atoms with Gasteiger partial charge in [-0.25, -0.2) is 14.4 Å². The Morgan fingerprint density at radius 3 is 1.60 bits per heavy atom. The third-order valence-corrected chi connectivity index (χ3v) is 3.01. The van der Waals surface area contributed by atoms with Gasteiger partial charge in [0, 0.05) is 6.42 Å². The maximum atomic E-state index is 12.0. The minimum Gasteiger partial charge on any atom is -0.480 e. The number of carbonyl (C=O) groups is 5. The van der Waals surface area contributed by atoms with Gasteiger partial charge >= 0.3 is 24.1 Å². The second kappa shape index (κ2) is 15.8. The molecule has 8 N–H and O–H groups in total. The van der Waals surface area contributed by atoms with Gasteiger partial charge in [0.05, 0.1) is 0 Å². The summed E-state index contributed by atoms with van der Waals surface area (Å²) in [5.74, 6) is -4.58. The van der Waals surface area contributed by atoms with Gasteiger partial charge in [-0.2, -0.15) is 13.2 Å². The topological polar surface area (TPSA) is 202 Å². The first-order chi connectivity index (χ1) is 13.5. The lowest BCUT2D eigenvalue weighted by molar-refractivity contribution is -0.192. The molecule has 0 aliphatic rings. The lowest BCUT2D eigenvalue weighted by atomic mass is 10.0. The van der Waals surface area contributed by atoms with Crippen molar-refractivity contribution in [2.75, 3.05) is 0 Å². The third-order valence-electron chi connectivity index (χ3n) is 3.01. The number of carboxylic acid groups (broad SMARTS) is 2. The highest BCUT2D eigenvalue weighted by atomic mass is 19.4. The number of carboxylic acids is 2. The Kier molecular flexibility index (Phi) is 16.7. The number of urea groups is 1. The number of alkyl halides is 3. The summed E-state index contributed by atoms with van der Waals surface area (Å²) in [7, 11) is 0. The summed E-state index contributed by atoms with van der Waals surface area (Å²) in [4.78, 5) is 52.3. The van der Waals surface area contributed by atoms with E-state index in [9.17, 15) is 27.6 Å². The fourth-order valence-electron chi connectivity index (χ4n) is 1.61. The Bertz CT molecular complexity index is 580. The second-order valence-corrected chi connectivity index (χ2v) is 6.05. The molecule has 0 bridgehead atoms. The number of hydrogen-bond donors (Lipinski definition) is 6. The largest absolute Gasteiger partial charge is 0.490 e. The molecular formula is C16H29F3N4O7. The van der Waals surface area contributed by atoms with Crippen LogP contribution in [0, 0.1) is 5.92 Å². The van der Waals surface area contributed by atoms with E-state index in [2.05, 4.69) is 22.1 Å². The standard InChI is InChI=1S/C13H24N2O4.C2HF3O2.CH4N2O/c1-5-7-10(16)15-11(8(3)4)12(17)14-9(6-2)13(18)19;3-2(4,5)1(6)7;2-1(3)4/h8-9,11H,5-7H2,1-4H3,(H,14,17)(H,15,16)(H,18,19);(H,6,7);(H4,2,3,4)/t9?,11-;;/m0../s1. The fraction of sp³-hybridized carbons (Fsp3) is 0.688. The van der Waals surface area contributed by atoms with E-state index in [1.807, 2.05) is 6.92 Å². The normalized spacial score (nSPS) is 12.1. The van der Waals surface area contributed by atoms with E-state index >= 15 is 0 Å². The van der Waals surface area contributed by atoms with Crippen molar-refractivity contribution in [2.45, 2.75) is 65.2 Å². The van der Waals surface area contributed by atoms with Crippen molar-refractivity contribution in [1.82, 2.24) is 10.6 Å². The fourth-order valence-corrected chi connectivity index (χ4v) is 1.61. The van der Waals surface area contributed by atoms with Crippen LogP contribution < -0.4 is 22.1 Å². The molecule has 0 aliphatic carbocycles. The third kappa shape index (κ3) is 18.3. The Balaban J connectivity index is -0.000000543. The van der Waals surface area contributed by atoms with Crippen LogP contribution in [0.2, 0.25) is 0 Å². The van der Waals surface area contributed by atoms with Crippen molar-refractivity contribution in [3.8, 4) is 0 Å². The summed E-state index contributed by atoms with van der Waals surface area (Å²) in [6.07, 6.45) is -3.73. The molecule has 0 aliphatic heterocycles. The molecule has 0 rings (SSSR count). The first kappa shape index (κ1) is 31.6. The molecule has 0 spiro atoms. The molecule has 176 valence electrons. The van der Waals surface area contributed by atoms with Gasteiger partial charge < -0.3 is 32.3 Å². The summed E-state index contributed by atoms with van der Waals surface area (Å²) in [6, 6.07) is -2.45. The summed E-state index contributed by atoms with van der Waals surface area (Å²) >= 11 is 0. The molecule has 0 saturated heterocycles. The molecule has 0 fully saturated rings. The number of rotatable bonds is 8. The smallest absolute Gasteiger partial charge is 0.480 e. The predicted octanol–water partition coefficient (Wildman–Crippen LogP) is 0.564. The maximum absolute atomic E-state index is 12.0. The molecule has 30 heavy (non-hydrogen) atoms. The van der Waals surface area contributed by atoms with Crippen molar-refractivity contribution < 1.29 is 47.4 Å². The van der Waals surface area contributed by atoms with Crippen molar-refractivity contribution in [1.29, 1.82) is 0 Å². The number of hydrogen-bond acceptors (Lipinski definition) is 5. The highest BCUT2D eigenvalue weighted by molar-refractivity contribution is 5.90. The number of halogens is 3.